The number of carboxylic acid groups (broad SMARTS) is 1. The number of nitrogens with zero attached hydrogens (tertiary/aromatic N) is 4. The summed E-state index contributed by atoms with van der Waals surface area (Å²) in [6, 6.07) is 0.284. The molecule has 3 aliphatic heterocycles. The standard InChI is InChI=1S/C24H25ClF3N5O2/c1-14-11-18(32-9-6-23(2,3)7-10-32)31-21-16(12-15(25)13-33(14)21)20(24(26,27)28)30-17-5-4-8-29-19(17)22(34)35/h4-5,8,11-13,20,30H,1,6-7,9-10H2,2-3H3,(H,34,35)/t20-/m0/s1. The zero-order valence-electron chi connectivity index (χ0n) is 19.2. The van der Waals surface area contributed by atoms with Crippen molar-refractivity contribution in [3.05, 3.63) is 71.1 Å². The molecule has 0 radical (unpaired) electrons. The van der Waals surface area contributed by atoms with Crippen molar-refractivity contribution in [2.45, 2.75) is 38.9 Å². The zero-order chi connectivity index (χ0) is 25.5. The second-order valence-corrected chi connectivity index (χ2v) is 9.82. The summed E-state index contributed by atoms with van der Waals surface area (Å²) in [5.41, 5.74) is -0.445. The van der Waals surface area contributed by atoms with Crippen molar-refractivity contribution in [1.29, 1.82) is 0 Å². The van der Waals surface area contributed by atoms with Crippen LogP contribution < -0.4 is 5.32 Å². The molecule has 0 unspecified atom stereocenters. The summed E-state index contributed by atoms with van der Waals surface area (Å²) in [5.74, 6) is -0.896. The quantitative estimate of drug-likeness (QED) is 0.560. The minimum absolute atomic E-state index is 0.0253. The van der Waals surface area contributed by atoms with Gasteiger partial charge in [-0.3, -0.25) is 0 Å². The van der Waals surface area contributed by atoms with E-state index < -0.39 is 23.9 Å². The van der Waals surface area contributed by atoms with Crippen LogP contribution in [0.25, 0.3) is 0 Å². The first-order valence-electron chi connectivity index (χ1n) is 11.0. The van der Waals surface area contributed by atoms with Crippen molar-refractivity contribution >= 4 is 29.1 Å². The predicted molar refractivity (Wildman–Crippen MR) is 128 cm³/mol. The maximum absolute atomic E-state index is 14.4. The summed E-state index contributed by atoms with van der Waals surface area (Å²) in [6.07, 6.45) is 2.61. The number of rotatable bonds is 5. The van der Waals surface area contributed by atoms with Gasteiger partial charge >= 0.3 is 12.1 Å². The molecule has 4 rings (SSSR count). The van der Waals surface area contributed by atoms with E-state index in [4.69, 9.17) is 11.6 Å². The van der Waals surface area contributed by atoms with Crippen LogP contribution in [0.1, 0.15) is 37.2 Å². The third kappa shape index (κ3) is 5.22. The Morgan fingerprint density at radius 1 is 1.29 bits per heavy atom. The van der Waals surface area contributed by atoms with Gasteiger partial charge in [-0.1, -0.05) is 32.0 Å². The first-order valence-corrected chi connectivity index (χ1v) is 11.4. The number of aliphatic imine (C=N–C) groups is 1. The van der Waals surface area contributed by atoms with Gasteiger partial charge in [-0.05, 0) is 36.5 Å². The fraction of sp³-hybridized carbons (Fsp3) is 0.375. The number of pyridine rings is 1. The van der Waals surface area contributed by atoms with Crippen molar-refractivity contribution in [2.75, 3.05) is 18.4 Å². The number of carbonyl (C=O) groups is 1. The summed E-state index contributed by atoms with van der Waals surface area (Å²) >= 11 is 6.21. The monoisotopic (exact) mass is 507 g/mol. The van der Waals surface area contributed by atoms with E-state index in [1.165, 1.54) is 35.5 Å². The summed E-state index contributed by atoms with van der Waals surface area (Å²) in [6.45, 7) is 9.81. The number of halogens is 4. The predicted octanol–water partition coefficient (Wildman–Crippen LogP) is 5.33. The van der Waals surface area contributed by atoms with Gasteiger partial charge in [-0.2, -0.15) is 13.2 Å². The van der Waals surface area contributed by atoms with Crippen LogP contribution in [-0.2, 0) is 0 Å². The molecular weight excluding hydrogens is 483 g/mol. The normalized spacial score (nSPS) is 20.8. The highest BCUT2D eigenvalue weighted by Crippen LogP contribution is 2.38. The van der Waals surface area contributed by atoms with Crippen LogP contribution >= 0.6 is 11.6 Å². The number of allylic oxidation sites excluding steroid dienone is 3. The van der Waals surface area contributed by atoms with Gasteiger partial charge in [0.25, 0.3) is 0 Å². The van der Waals surface area contributed by atoms with Crippen molar-refractivity contribution in [1.82, 2.24) is 14.8 Å². The molecule has 4 heterocycles. The van der Waals surface area contributed by atoms with Crippen LogP contribution in [0.2, 0.25) is 0 Å². The van der Waals surface area contributed by atoms with Crippen LogP contribution in [0, 0.1) is 5.41 Å². The van der Waals surface area contributed by atoms with Gasteiger partial charge in [0.05, 0.1) is 10.7 Å². The maximum Gasteiger partial charge on any atom is 0.412 e. The SMILES string of the molecule is C=C1C=C(N2CCC(C)(C)CC2)N=C2C([C@H](Nc3cccnc3C(=O)O)C(F)(F)F)=CC(Cl)=CN12. The molecule has 35 heavy (non-hydrogen) atoms. The number of aromatic nitrogens is 1. The van der Waals surface area contributed by atoms with E-state index in [1.54, 1.807) is 6.08 Å². The van der Waals surface area contributed by atoms with Gasteiger partial charge in [0, 0.05) is 42.8 Å². The average Bonchev–Trinajstić information content (AvgIpc) is 2.77. The third-order valence-electron chi connectivity index (χ3n) is 6.25. The molecule has 0 spiro atoms. The zero-order valence-corrected chi connectivity index (χ0v) is 20.0. The molecule has 1 aromatic heterocycles. The van der Waals surface area contributed by atoms with Crippen molar-refractivity contribution in [2.24, 2.45) is 10.4 Å². The summed E-state index contributed by atoms with van der Waals surface area (Å²) in [4.78, 5) is 23.3. The van der Waals surface area contributed by atoms with E-state index in [9.17, 15) is 23.1 Å². The fourth-order valence-electron chi connectivity index (χ4n) is 4.17. The molecular formula is C24H25ClF3N5O2. The van der Waals surface area contributed by atoms with Gasteiger partial charge in [-0.15, -0.1) is 0 Å². The Balaban J connectivity index is 1.74. The number of likely N-dealkylation sites (tertiary alicyclic amines) is 1. The largest absolute Gasteiger partial charge is 0.476 e. The Hall–Kier alpha value is -3.27. The number of anilines is 1. The van der Waals surface area contributed by atoms with E-state index >= 15 is 0 Å². The van der Waals surface area contributed by atoms with Gasteiger partial charge in [0.15, 0.2) is 11.7 Å². The Labute approximate surface area is 206 Å². The van der Waals surface area contributed by atoms with Gasteiger partial charge in [0.1, 0.15) is 11.7 Å². The lowest BCUT2D eigenvalue weighted by molar-refractivity contribution is -0.133. The molecule has 0 amide bonds. The van der Waals surface area contributed by atoms with E-state index in [-0.39, 0.29) is 27.5 Å². The fourth-order valence-corrected chi connectivity index (χ4v) is 4.38. The first kappa shape index (κ1) is 24.8. The number of piperidine rings is 1. The number of hydrogen-bond donors (Lipinski definition) is 2. The summed E-state index contributed by atoms with van der Waals surface area (Å²) < 4.78 is 43.2. The molecule has 1 aromatic rings. The van der Waals surface area contributed by atoms with Crippen LogP contribution in [0.4, 0.5) is 18.9 Å². The highest BCUT2D eigenvalue weighted by Gasteiger charge is 2.46. The van der Waals surface area contributed by atoms with E-state index in [2.05, 4.69) is 35.7 Å². The molecule has 2 N–H and O–H groups in total. The molecule has 0 bridgehead atoms. The molecule has 1 fully saturated rings. The van der Waals surface area contributed by atoms with Crippen molar-refractivity contribution in [3.63, 3.8) is 0 Å². The molecule has 0 aromatic carbocycles. The minimum atomic E-state index is -4.81. The maximum atomic E-state index is 14.4. The van der Waals surface area contributed by atoms with Gasteiger partial charge in [-0.25, -0.2) is 14.8 Å². The third-order valence-corrected chi connectivity index (χ3v) is 6.45. The van der Waals surface area contributed by atoms with E-state index in [0.717, 1.165) is 25.9 Å². The van der Waals surface area contributed by atoms with Crippen LogP contribution in [0.3, 0.4) is 0 Å². The van der Waals surface area contributed by atoms with Crippen molar-refractivity contribution < 1.29 is 23.1 Å². The molecule has 0 aliphatic carbocycles. The lowest BCUT2D eigenvalue weighted by Gasteiger charge is -2.41. The van der Waals surface area contributed by atoms with Gasteiger partial charge in [0.2, 0.25) is 0 Å². The number of aromatic carboxylic acids is 1. The lowest BCUT2D eigenvalue weighted by Crippen LogP contribution is -2.46. The smallest absolute Gasteiger partial charge is 0.412 e. The molecule has 7 nitrogen and oxygen atoms in total. The number of amidine groups is 1. The number of nitrogens with one attached hydrogen (secondary N) is 1. The van der Waals surface area contributed by atoms with Crippen LogP contribution in [0.5, 0.6) is 0 Å². The van der Waals surface area contributed by atoms with E-state index in [1.807, 2.05) is 4.90 Å². The second kappa shape index (κ2) is 9.07. The molecule has 11 heteroatoms. The summed E-state index contributed by atoms with van der Waals surface area (Å²) in [5, 5.41) is 11.8. The minimum Gasteiger partial charge on any atom is -0.476 e. The first-order chi connectivity index (χ1) is 16.4. The summed E-state index contributed by atoms with van der Waals surface area (Å²) in [7, 11) is 0. The number of carboxylic acids is 1. The topological polar surface area (TPSA) is 81.1 Å². The second-order valence-electron chi connectivity index (χ2n) is 9.39. The molecule has 1 saturated heterocycles. The Bertz CT molecular complexity index is 1180. The number of hydrogen-bond acceptors (Lipinski definition) is 6. The molecule has 3 aliphatic rings. The average molecular weight is 508 g/mol. The van der Waals surface area contributed by atoms with Crippen LogP contribution in [0.15, 0.2) is 70.4 Å². The highest BCUT2D eigenvalue weighted by atomic mass is 35.5. The lowest BCUT2D eigenvalue weighted by atomic mass is 9.83. The number of alkyl halides is 3. The number of fused-ring (bicyclic) bond motifs is 1. The Kier molecular flexibility index (Phi) is 6.44. The Morgan fingerprint density at radius 2 is 1.97 bits per heavy atom. The highest BCUT2D eigenvalue weighted by molar-refractivity contribution is 6.32. The molecule has 186 valence electrons. The van der Waals surface area contributed by atoms with Crippen molar-refractivity contribution in [3.8, 4) is 0 Å². The molecule has 0 saturated carbocycles. The Morgan fingerprint density at radius 3 is 2.60 bits per heavy atom. The van der Waals surface area contributed by atoms with E-state index in [0.29, 0.717) is 11.5 Å². The molecule has 1 atom stereocenters. The van der Waals surface area contributed by atoms with Crippen LogP contribution in [-0.4, -0.2) is 57.0 Å². The van der Waals surface area contributed by atoms with Gasteiger partial charge < -0.3 is 20.2 Å².